The number of ether oxygens (including phenoxy) is 1. The maximum absolute atomic E-state index is 9.55. The van der Waals surface area contributed by atoms with Crippen molar-refractivity contribution in [1.82, 2.24) is 0 Å². The lowest BCUT2D eigenvalue weighted by Gasteiger charge is -1.76. The topological polar surface area (TPSA) is 83.8 Å². The molecule has 96 valence electrons. The van der Waals surface area contributed by atoms with Crippen LogP contribution in [0.15, 0.2) is 64.1 Å². The van der Waals surface area contributed by atoms with Crippen molar-refractivity contribution in [1.29, 1.82) is 0 Å². The fraction of sp³-hybridized carbons (Fsp3) is 0. The summed E-state index contributed by atoms with van der Waals surface area (Å²) in [6.45, 7) is 18.5. The smallest absolute Gasteiger partial charge is 0.328 e. The Labute approximate surface area is 101 Å². The van der Waals surface area contributed by atoms with E-state index < -0.39 is 11.9 Å². The maximum atomic E-state index is 9.55. The summed E-state index contributed by atoms with van der Waals surface area (Å²) in [6.07, 6.45) is 3.74. The molecule has 0 saturated heterocycles. The Hall–Kier alpha value is -2.56. The fourth-order valence-corrected chi connectivity index (χ4v) is 0.211. The molecule has 0 radical (unpaired) electrons. The van der Waals surface area contributed by atoms with Gasteiger partial charge < -0.3 is 14.9 Å². The van der Waals surface area contributed by atoms with Gasteiger partial charge in [-0.25, -0.2) is 9.59 Å². The number of aliphatic carboxylic acids is 2. The molecule has 2 N–H and O–H groups in total. The number of rotatable bonds is 4. The highest BCUT2D eigenvalue weighted by atomic mass is 16.5. The Kier molecular flexibility index (Phi) is 41.1. The summed E-state index contributed by atoms with van der Waals surface area (Å²) in [5.41, 5.74) is 0. The first kappa shape index (κ1) is 23.9. The summed E-state index contributed by atoms with van der Waals surface area (Å²) >= 11 is 0. The van der Waals surface area contributed by atoms with Crippen molar-refractivity contribution < 1.29 is 24.5 Å². The average molecular weight is 242 g/mol. The molecule has 0 bridgehead atoms. The van der Waals surface area contributed by atoms with Gasteiger partial charge in [0, 0.05) is 12.2 Å². The molecule has 0 aliphatic rings. The molecular weight excluding hydrogens is 224 g/mol. The van der Waals surface area contributed by atoms with Crippen molar-refractivity contribution in [2.45, 2.75) is 0 Å². The molecule has 0 amide bonds. The van der Waals surface area contributed by atoms with Crippen LogP contribution in [-0.2, 0) is 14.3 Å². The predicted octanol–water partition coefficient (Wildman–Crippen LogP) is 2.61. The first-order chi connectivity index (χ1) is 8.04. The number of carboxylic acids is 2. The Morgan fingerprint density at radius 3 is 1.12 bits per heavy atom. The minimum atomic E-state index is -1.26. The maximum Gasteiger partial charge on any atom is 0.328 e. The highest BCUT2D eigenvalue weighted by Gasteiger charge is 1.88. The van der Waals surface area contributed by atoms with Crippen LogP contribution in [-0.4, -0.2) is 22.2 Å². The summed E-state index contributed by atoms with van der Waals surface area (Å²) in [4.78, 5) is 19.1. The molecule has 0 aromatic heterocycles. The van der Waals surface area contributed by atoms with Crippen molar-refractivity contribution in [2.24, 2.45) is 0 Å². The summed E-state index contributed by atoms with van der Waals surface area (Å²) in [6, 6.07) is 0. The van der Waals surface area contributed by atoms with Crippen LogP contribution in [0.25, 0.3) is 0 Å². The normalized spacial score (nSPS) is 6.59. The van der Waals surface area contributed by atoms with Crippen LogP contribution >= 0.6 is 0 Å². The fourth-order valence-electron chi connectivity index (χ4n) is 0.211. The lowest BCUT2D eigenvalue weighted by Crippen LogP contribution is -1.91. The van der Waals surface area contributed by atoms with Gasteiger partial charge in [-0.05, 0) is 0 Å². The Morgan fingerprint density at radius 2 is 1.06 bits per heavy atom. The van der Waals surface area contributed by atoms with Gasteiger partial charge >= 0.3 is 11.9 Å². The molecule has 5 nitrogen and oxygen atoms in total. The summed E-state index contributed by atoms with van der Waals surface area (Å²) < 4.78 is 4.36. The first-order valence-electron chi connectivity index (χ1n) is 4.05. The number of hydrogen-bond acceptors (Lipinski definition) is 3. The van der Waals surface area contributed by atoms with Crippen LogP contribution in [0.4, 0.5) is 0 Å². The molecule has 0 atom stereocenters. The largest absolute Gasteiger partial charge is 0.478 e. The third-order valence-electron chi connectivity index (χ3n) is 0.561. The summed E-state index contributed by atoms with van der Waals surface area (Å²) in [5.74, 6) is -2.51. The lowest BCUT2D eigenvalue weighted by atomic mass is 10.5. The third-order valence-corrected chi connectivity index (χ3v) is 0.561. The van der Waals surface area contributed by atoms with E-state index in [1.54, 1.807) is 0 Å². The minimum Gasteiger partial charge on any atom is -0.478 e. The van der Waals surface area contributed by atoms with E-state index in [4.69, 9.17) is 10.2 Å². The first-order valence-corrected chi connectivity index (χ1v) is 4.05. The Bertz CT molecular complexity index is 219. The van der Waals surface area contributed by atoms with E-state index in [1.807, 2.05) is 0 Å². The van der Waals surface area contributed by atoms with Crippen molar-refractivity contribution in [3.05, 3.63) is 64.1 Å². The molecule has 17 heavy (non-hydrogen) atoms. The van der Waals surface area contributed by atoms with E-state index in [0.717, 1.165) is 0 Å². The highest BCUT2D eigenvalue weighted by Crippen LogP contribution is 1.70. The van der Waals surface area contributed by atoms with Gasteiger partial charge in [-0.2, -0.15) is 0 Å². The molecule has 0 spiro atoms. The quantitative estimate of drug-likeness (QED) is 0.449. The summed E-state index contributed by atoms with van der Waals surface area (Å²) in [5, 5.41) is 15.6. The minimum absolute atomic E-state index is 0.558. The molecule has 5 heteroatoms. The predicted molar refractivity (Wildman–Crippen MR) is 68.4 cm³/mol. The molecule has 0 aromatic rings. The van der Waals surface area contributed by atoms with Crippen molar-refractivity contribution >= 4 is 11.9 Å². The van der Waals surface area contributed by atoms with E-state index in [1.165, 1.54) is 12.5 Å². The summed E-state index contributed by atoms with van der Waals surface area (Å²) in [7, 11) is 0. The number of carboxylic acid groups (broad SMARTS) is 2. The SMILES string of the molecule is C=C.C=C.C=COC=C.O=C(O)/C=C\C(=O)O. The Morgan fingerprint density at radius 1 is 0.824 bits per heavy atom. The second-order valence-corrected chi connectivity index (χ2v) is 1.48. The zero-order chi connectivity index (χ0) is 14.7. The zero-order valence-corrected chi connectivity index (χ0v) is 9.67. The van der Waals surface area contributed by atoms with Gasteiger partial charge in [-0.3, -0.25) is 0 Å². The van der Waals surface area contributed by atoms with Crippen LogP contribution in [0, 0.1) is 0 Å². The molecule has 0 saturated carbocycles. The zero-order valence-electron chi connectivity index (χ0n) is 9.67. The van der Waals surface area contributed by atoms with Gasteiger partial charge in [0.15, 0.2) is 0 Å². The van der Waals surface area contributed by atoms with Gasteiger partial charge in [-0.1, -0.05) is 13.2 Å². The van der Waals surface area contributed by atoms with Gasteiger partial charge in [0.25, 0.3) is 0 Å². The molecular formula is C12H18O5. The van der Waals surface area contributed by atoms with Crippen LogP contribution in [0.5, 0.6) is 0 Å². The van der Waals surface area contributed by atoms with E-state index in [9.17, 15) is 9.59 Å². The molecule has 0 heterocycles. The lowest BCUT2D eigenvalue weighted by molar-refractivity contribution is -0.134. The Balaban J connectivity index is -0.0000000809. The average Bonchev–Trinajstić information content (AvgIpc) is 2.33. The molecule has 0 unspecified atom stereocenters. The molecule has 0 rings (SSSR count). The monoisotopic (exact) mass is 242 g/mol. The molecule has 0 aromatic carbocycles. The van der Waals surface area contributed by atoms with Crippen LogP contribution in [0.1, 0.15) is 0 Å². The number of carbonyl (C=O) groups is 2. The standard InChI is InChI=1S/C4H4O4.C4H6O.2C2H4/c5-3(6)1-2-4(7)8;1-3-5-4-2;2*1-2/h1-2H,(H,5,6)(H,7,8);3-4H,1-2H2;2*1-2H2/b2-1-;;;. The highest BCUT2D eigenvalue weighted by molar-refractivity contribution is 5.89. The van der Waals surface area contributed by atoms with Crippen molar-refractivity contribution in [3.63, 3.8) is 0 Å². The van der Waals surface area contributed by atoms with Crippen molar-refractivity contribution in [3.8, 4) is 0 Å². The van der Waals surface area contributed by atoms with E-state index in [0.29, 0.717) is 12.2 Å². The van der Waals surface area contributed by atoms with Crippen LogP contribution in [0.2, 0.25) is 0 Å². The second kappa shape index (κ2) is 29.2. The molecule has 0 fully saturated rings. The van der Waals surface area contributed by atoms with Gasteiger partial charge in [-0.15, -0.1) is 26.3 Å². The van der Waals surface area contributed by atoms with Crippen LogP contribution in [0.3, 0.4) is 0 Å². The molecule has 0 aliphatic carbocycles. The second-order valence-electron chi connectivity index (χ2n) is 1.48. The molecule has 0 aliphatic heterocycles. The van der Waals surface area contributed by atoms with Crippen LogP contribution < -0.4 is 0 Å². The third kappa shape index (κ3) is 89.2. The van der Waals surface area contributed by atoms with E-state index >= 15 is 0 Å². The van der Waals surface area contributed by atoms with Crippen molar-refractivity contribution in [2.75, 3.05) is 0 Å². The van der Waals surface area contributed by atoms with Gasteiger partial charge in [0.1, 0.15) is 0 Å². The van der Waals surface area contributed by atoms with E-state index in [-0.39, 0.29) is 0 Å². The van der Waals surface area contributed by atoms with E-state index in [2.05, 4.69) is 44.2 Å². The van der Waals surface area contributed by atoms with Gasteiger partial charge in [0.2, 0.25) is 0 Å². The van der Waals surface area contributed by atoms with Gasteiger partial charge in [0.05, 0.1) is 12.5 Å². The number of hydrogen-bond donors (Lipinski definition) is 2.